The predicted molar refractivity (Wildman–Crippen MR) is 111 cm³/mol. The number of amides is 1. The average Bonchev–Trinajstić information content (AvgIpc) is 3.25. The van der Waals surface area contributed by atoms with Gasteiger partial charge in [-0.05, 0) is 60.6 Å². The Morgan fingerprint density at radius 2 is 1.93 bits per heavy atom. The van der Waals surface area contributed by atoms with Crippen molar-refractivity contribution in [1.82, 2.24) is 5.32 Å². The normalized spacial score (nSPS) is 16.9. The summed E-state index contributed by atoms with van der Waals surface area (Å²) in [4.78, 5) is 17.2. The minimum absolute atomic E-state index is 0.188. The number of nitrogens with one attached hydrogen (secondary N) is 1. The second-order valence-corrected chi connectivity index (χ2v) is 7.45. The molecule has 4 rings (SSSR count). The molecule has 1 saturated heterocycles. The zero-order chi connectivity index (χ0) is 18.8. The van der Waals surface area contributed by atoms with E-state index in [-0.39, 0.29) is 5.91 Å². The number of hydrogen-bond acceptors (Lipinski definition) is 4. The lowest BCUT2D eigenvalue weighted by atomic mass is 10.1. The highest BCUT2D eigenvalue weighted by Crippen LogP contribution is 2.31. The summed E-state index contributed by atoms with van der Waals surface area (Å²) < 4.78 is 5.90. The standard InChI is InChI=1S/C21H15ClN2O2S/c1-13-7-8-14(22)11-17(13)18-10-9-16(26-18)12-19-20(25)24-21(27-19)23-15-5-3-2-4-6-15/h2-12H,1H3,(H,23,24,25). The van der Waals surface area contributed by atoms with Crippen molar-refractivity contribution in [3.63, 3.8) is 0 Å². The summed E-state index contributed by atoms with van der Waals surface area (Å²) in [5, 5.41) is 3.98. The molecule has 4 nitrogen and oxygen atoms in total. The number of amidine groups is 1. The number of furan rings is 1. The predicted octanol–water partition coefficient (Wildman–Crippen LogP) is 5.80. The molecule has 2 heterocycles. The third-order valence-corrected chi connectivity index (χ3v) is 5.15. The first kappa shape index (κ1) is 17.6. The number of halogens is 1. The third-order valence-electron chi connectivity index (χ3n) is 4.00. The van der Waals surface area contributed by atoms with Gasteiger partial charge in [-0.15, -0.1) is 0 Å². The van der Waals surface area contributed by atoms with Crippen molar-refractivity contribution in [2.75, 3.05) is 0 Å². The van der Waals surface area contributed by atoms with Crippen LogP contribution in [0.5, 0.6) is 0 Å². The Hall–Kier alpha value is -2.76. The zero-order valence-electron chi connectivity index (χ0n) is 14.4. The largest absolute Gasteiger partial charge is 0.457 e. The fraction of sp³-hybridized carbons (Fsp3) is 0.0476. The number of nitrogens with zero attached hydrogens (tertiary/aromatic N) is 1. The number of rotatable bonds is 3. The molecule has 1 aliphatic rings. The van der Waals surface area contributed by atoms with E-state index in [4.69, 9.17) is 16.0 Å². The van der Waals surface area contributed by atoms with Crippen molar-refractivity contribution >= 4 is 46.2 Å². The van der Waals surface area contributed by atoms with Gasteiger partial charge in [0.05, 0.1) is 10.6 Å². The lowest BCUT2D eigenvalue weighted by Gasteiger charge is -2.02. The van der Waals surface area contributed by atoms with Gasteiger partial charge in [-0.25, -0.2) is 4.99 Å². The third kappa shape index (κ3) is 3.99. The maximum Gasteiger partial charge on any atom is 0.264 e. The van der Waals surface area contributed by atoms with Crippen LogP contribution >= 0.6 is 23.4 Å². The van der Waals surface area contributed by atoms with Crippen molar-refractivity contribution in [1.29, 1.82) is 0 Å². The Morgan fingerprint density at radius 1 is 1.11 bits per heavy atom. The van der Waals surface area contributed by atoms with Crippen molar-refractivity contribution in [2.24, 2.45) is 4.99 Å². The van der Waals surface area contributed by atoms with Crippen LogP contribution in [0.3, 0.4) is 0 Å². The second kappa shape index (κ2) is 7.47. The van der Waals surface area contributed by atoms with E-state index in [0.717, 1.165) is 16.8 Å². The van der Waals surface area contributed by atoms with Crippen LogP contribution in [-0.4, -0.2) is 11.1 Å². The molecule has 0 aliphatic carbocycles. The number of para-hydroxylation sites is 1. The van der Waals surface area contributed by atoms with Gasteiger partial charge in [-0.2, -0.15) is 0 Å². The molecule has 1 aliphatic heterocycles. The minimum Gasteiger partial charge on any atom is -0.457 e. The Balaban J connectivity index is 1.58. The van der Waals surface area contributed by atoms with E-state index >= 15 is 0 Å². The summed E-state index contributed by atoms with van der Waals surface area (Å²) in [6, 6.07) is 18.9. The van der Waals surface area contributed by atoms with Crippen molar-refractivity contribution < 1.29 is 9.21 Å². The summed E-state index contributed by atoms with van der Waals surface area (Å²) in [6.07, 6.45) is 1.72. The summed E-state index contributed by atoms with van der Waals surface area (Å²) in [6.45, 7) is 2.00. The summed E-state index contributed by atoms with van der Waals surface area (Å²) in [7, 11) is 0. The van der Waals surface area contributed by atoms with Gasteiger partial charge in [0.2, 0.25) is 0 Å². The van der Waals surface area contributed by atoms with Gasteiger partial charge in [0.1, 0.15) is 11.5 Å². The Labute approximate surface area is 166 Å². The van der Waals surface area contributed by atoms with E-state index in [2.05, 4.69) is 10.3 Å². The smallest absolute Gasteiger partial charge is 0.264 e. The molecule has 0 bridgehead atoms. The molecule has 1 amide bonds. The first-order valence-corrected chi connectivity index (χ1v) is 9.49. The quantitative estimate of drug-likeness (QED) is 0.571. The average molecular weight is 395 g/mol. The van der Waals surface area contributed by atoms with Gasteiger partial charge in [-0.1, -0.05) is 35.9 Å². The van der Waals surface area contributed by atoms with Crippen LogP contribution < -0.4 is 5.32 Å². The van der Waals surface area contributed by atoms with Gasteiger partial charge < -0.3 is 9.73 Å². The van der Waals surface area contributed by atoms with Crippen LogP contribution in [0.4, 0.5) is 5.69 Å². The zero-order valence-corrected chi connectivity index (χ0v) is 16.0. The maximum absolute atomic E-state index is 12.2. The van der Waals surface area contributed by atoms with E-state index in [1.807, 2.05) is 67.6 Å². The molecule has 0 saturated carbocycles. The van der Waals surface area contributed by atoms with E-state index in [0.29, 0.717) is 26.6 Å². The lowest BCUT2D eigenvalue weighted by Crippen LogP contribution is -2.19. The van der Waals surface area contributed by atoms with Gasteiger partial charge >= 0.3 is 0 Å². The molecule has 1 aromatic heterocycles. The van der Waals surface area contributed by atoms with Crippen LogP contribution in [0.2, 0.25) is 5.02 Å². The highest BCUT2D eigenvalue weighted by Gasteiger charge is 2.24. The van der Waals surface area contributed by atoms with Crippen LogP contribution in [0, 0.1) is 6.92 Å². The SMILES string of the molecule is Cc1ccc(Cl)cc1-c1ccc(C=C2SC(=Nc3ccccc3)NC2=O)o1. The van der Waals surface area contributed by atoms with E-state index in [1.54, 1.807) is 6.08 Å². The van der Waals surface area contributed by atoms with Crippen molar-refractivity contribution in [3.05, 3.63) is 81.9 Å². The summed E-state index contributed by atoms with van der Waals surface area (Å²) in [5.74, 6) is 1.12. The Morgan fingerprint density at radius 3 is 2.74 bits per heavy atom. The minimum atomic E-state index is -0.188. The van der Waals surface area contributed by atoms with Gasteiger partial charge in [0, 0.05) is 16.7 Å². The molecule has 2 aromatic carbocycles. The maximum atomic E-state index is 12.2. The molecule has 3 aromatic rings. The first-order valence-electron chi connectivity index (χ1n) is 8.29. The molecule has 6 heteroatoms. The molecular formula is C21H15ClN2O2S. The fourth-order valence-corrected chi connectivity index (χ4v) is 3.66. The molecule has 134 valence electrons. The fourth-order valence-electron chi connectivity index (χ4n) is 2.66. The molecule has 27 heavy (non-hydrogen) atoms. The number of aliphatic imine (C=N–C) groups is 1. The Bertz CT molecular complexity index is 1070. The second-order valence-electron chi connectivity index (χ2n) is 5.98. The van der Waals surface area contributed by atoms with Crippen LogP contribution in [0.1, 0.15) is 11.3 Å². The van der Waals surface area contributed by atoms with Gasteiger partial charge in [0.15, 0.2) is 5.17 Å². The molecule has 0 spiro atoms. The molecule has 1 fully saturated rings. The molecular weight excluding hydrogens is 380 g/mol. The monoisotopic (exact) mass is 394 g/mol. The number of aryl methyl sites for hydroxylation is 1. The van der Waals surface area contributed by atoms with Crippen LogP contribution in [0.25, 0.3) is 17.4 Å². The summed E-state index contributed by atoms with van der Waals surface area (Å²) >= 11 is 7.38. The molecule has 0 radical (unpaired) electrons. The molecule has 0 unspecified atom stereocenters. The van der Waals surface area contributed by atoms with Crippen molar-refractivity contribution in [2.45, 2.75) is 6.92 Å². The van der Waals surface area contributed by atoms with E-state index in [9.17, 15) is 4.79 Å². The number of benzene rings is 2. The highest BCUT2D eigenvalue weighted by atomic mass is 35.5. The number of hydrogen-bond donors (Lipinski definition) is 1. The van der Waals surface area contributed by atoms with E-state index < -0.39 is 0 Å². The molecule has 0 atom stereocenters. The van der Waals surface area contributed by atoms with Crippen LogP contribution in [-0.2, 0) is 4.79 Å². The lowest BCUT2D eigenvalue weighted by molar-refractivity contribution is -0.115. The van der Waals surface area contributed by atoms with Gasteiger partial charge in [0.25, 0.3) is 5.91 Å². The van der Waals surface area contributed by atoms with Gasteiger partial charge in [-0.3, -0.25) is 4.79 Å². The Kier molecular flexibility index (Phi) is 4.88. The molecule has 1 N–H and O–H groups in total. The number of carbonyl (C=O) groups excluding carboxylic acids is 1. The highest BCUT2D eigenvalue weighted by molar-refractivity contribution is 8.18. The van der Waals surface area contributed by atoms with Crippen molar-refractivity contribution in [3.8, 4) is 11.3 Å². The van der Waals surface area contributed by atoms with Crippen LogP contribution in [0.15, 0.2) is 75.0 Å². The number of carbonyl (C=O) groups is 1. The topological polar surface area (TPSA) is 54.6 Å². The summed E-state index contributed by atoms with van der Waals surface area (Å²) in [5.41, 5.74) is 2.79. The van der Waals surface area contributed by atoms with E-state index in [1.165, 1.54) is 11.8 Å². The first-order chi connectivity index (χ1) is 13.1. The number of thioether (sulfide) groups is 1.